The van der Waals surface area contributed by atoms with Crippen LogP contribution in [0.5, 0.6) is 0 Å². The van der Waals surface area contributed by atoms with Crippen LogP contribution in [0, 0.1) is 0 Å². The monoisotopic (exact) mass is 148 g/mol. The Hall–Kier alpha value is -1.04. The van der Waals surface area contributed by atoms with E-state index in [2.05, 4.69) is 24.3 Å². The average molecular weight is 148 g/mol. The largest absolute Gasteiger partial charge is 0.0877 e. The Bertz CT molecular complexity index is 148. The van der Waals surface area contributed by atoms with Gasteiger partial charge >= 0.3 is 0 Å². The summed E-state index contributed by atoms with van der Waals surface area (Å²) in [5.74, 6) is 0. The fraction of sp³-hybridized carbons (Fsp3) is 0.273. The molecule has 0 atom stereocenters. The summed E-state index contributed by atoms with van der Waals surface area (Å²) in [4.78, 5) is 0. The highest BCUT2D eigenvalue weighted by Gasteiger charge is 1.66. The second-order valence-electron chi connectivity index (χ2n) is 2.14. The van der Waals surface area contributed by atoms with Gasteiger partial charge in [-0.15, -0.1) is 0 Å². The van der Waals surface area contributed by atoms with Gasteiger partial charge in [0.2, 0.25) is 0 Å². The summed E-state index contributed by atoms with van der Waals surface area (Å²) in [5, 5.41) is 0. The van der Waals surface area contributed by atoms with Crippen molar-refractivity contribution >= 4 is 0 Å². The lowest BCUT2D eigenvalue weighted by Crippen LogP contribution is -1.56. The molecule has 0 aliphatic heterocycles. The maximum absolute atomic E-state index is 2.12. The van der Waals surface area contributed by atoms with E-state index in [9.17, 15) is 0 Å². The van der Waals surface area contributed by atoms with Crippen LogP contribution in [-0.4, -0.2) is 0 Å². The van der Waals surface area contributed by atoms with E-state index in [4.69, 9.17) is 0 Å². The van der Waals surface area contributed by atoms with E-state index in [-0.39, 0.29) is 0 Å². The van der Waals surface area contributed by atoms with Crippen LogP contribution in [0.25, 0.3) is 0 Å². The third-order valence-electron chi connectivity index (χ3n) is 1.15. The third kappa shape index (κ3) is 8.96. The van der Waals surface area contributed by atoms with Gasteiger partial charge in [0.25, 0.3) is 0 Å². The molecule has 0 saturated carbocycles. The Morgan fingerprint density at radius 3 is 1.55 bits per heavy atom. The van der Waals surface area contributed by atoms with Gasteiger partial charge in [-0.2, -0.15) is 0 Å². The first kappa shape index (κ1) is 9.96. The molecule has 0 aliphatic rings. The molecule has 0 unspecified atom stereocenters. The molecule has 0 heterocycles. The average Bonchev–Trinajstić information content (AvgIpc) is 2.03. The lowest BCUT2D eigenvalue weighted by atomic mass is 10.3. The minimum Gasteiger partial charge on any atom is -0.0877 e. The van der Waals surface area contributed by atoms with Crippen molar-refractivity contribution < 1.29 is 0 Å². The summed E-state index contributed by atoms with van der Waals surface area (Å²) in [5.41, 5.74) is 0. The highest BCUT2D eigenvalue weighted by Crippen LogP contribution is 1.87. The molecule has 0 bridgehead atoms. The standard InChI is InChI=1S/C11H16/c1-3-5-7-9-11-10-8-6-4-2/h3-10H,11H2,1-2H3. The molecular weight excluding hydrogens is 132 g/mol. The molecule has 0 aromatic heterocycles. The van der Waals surface area contributed by atoms with Gasteiger partial charge in [-0.05, 0) is 20.3 Å². The SMILES string of the molecule is CC=CC=CCC=CC=CC. The van der Waals surface area contributed by atoms with Crippen molar-refractivity contribution in [1.82, 2.24) is 0 Å². The summed E-state index contributed by atoms with van der Waals surface area (Å²) >= 11 is 0. The number of hydrogen-bond acceptors (Lipinski definition) is 0. The van der Waals surface area contributed by atoms with E-state index in [0.29, 0.717) is 0 Å². The lowest BCUT2D eigenvalue weighted by Gasteiger charge is -1.77. The number of rotatable bonds is 4. The van der Waals surface area contributed by atoms with Gasteiger partial charge in [-0.25, -0.2) is 0 Å². The van der Waals surface area contributed by atoms with E-state index >= 15 is 0 Å². The zero-order valence-electron chi connectivity index (χ0n) is 7.33. The molecule has 0 aliphatic carbocycles. The second kappa shape index (κ2) is 8.96. The molecule has 60 valence electrons. The lowest BCUT2D eigenvalue weighted by molar-refractivity contribution is 1.39. The van der Waals surface area contributed by atoms with Gasteiger partial charge in [0, 0.05) is 0 Å². The topological polar surface area (TPSA) is 0 Å². The number of hydrogen-bond donors (Lipinski definition) is 0. The van der Waals surface area contributed by atoms with Crippen LogP contribution in [-0.2, 0) is 0 Å². The Morgan fingerprint density at radius 1 is 0.727 bits per heavy atom. The molecule has 0 radical (unpaired) electrons. The van der Waals surface area contributed by atoms with Gasteiger partial charge in [0.15, 0.2) is 0 Å². The maximum atomic E-state index is 2.12. The van der Waals surface area contributed by atoms with Crippen LogP contribution < -0.4 is 0 Å². The zero-order chi connectivity index (χ0) is 8.36. The minimum atomic E-state index is 1.01. The molecule has 0 fully saturated rings. The number of allylic oxidation sites excluding steroid dienone is 8. The van der Waals surface area contributed by atoms with Crippen molar-refractivity contribution in [3.63, 3.8) is 0 Å². The first-order valence-corrected chi connectivity index (χ1v) is 3.97. The molecule has 0 N–H and O–H groups in total. The summed E-state index contributed by atoms with van der Waals surface area (Å²) in [7, 11) is 0. The van der Waals surface area contributed by atoms with Gasteiger partial charge < -0.3 is 0 Å². The van der Waals surface area contributed by atoms with Crippen molar-refractivity contribution in [3.05, 3.63) is 48.6 Å². The molecule has 0 amide bonds. The van der Waals surface area contributed by atoms with E-state index in [1.54, 1.807) is 0 Å². The van der Waals surface area contributed by atoms with Crippen LogP contribution >= 0.6 is 0 Å². The van der Waals surface area contributed by atoms with Gasteiger partial charge in [0.1, 0.15) is 0 Å². The quantitative estimate of drug-likeness (QED) is 0.534. The minimum absolute atomic E-state index is 1.01. The highest BCUT2D eigenvalue weighted by atomic mass is 13.7. The summed E-state index contributed by atoms with van der Waals surface area (Å²) in [6.45, 7) is 4.03. The van der Waals surface area contributed by atoms with Crippen molar-refractivity contribution in [2.75, 3.05) is 0 Å². The van der Waals surface area contributed by atoms with Gasteiger partial charge in [0.05, 0.1) is 0 Å². The molecule has 0 aromatic carbocycles. The predicted molar refractivity (Wildman–Crippen MR) is 52.5 cm³/mol. The predicted octanol–water partition coefficient (Wildman–Crippen LogP) is 3.64. The second-order valence-corrected chi connectivity index (χ2v) is 2.14. The van der Waals surface area contributed by atoms with Crippen LogP contribution in [0.1, 0.15) is 20.3 Å². The van der Waals surface area contributed by atoms with Crippen molar-refractivity contribution in [2.45, 2.75) is 20.3 Å². The van der Waals surface area contributed by atoms with Crippen molar-refractivity contribution in [3.8, 4) is 0 Å². The first-order valence-electron chi connectivity index (χ1n) is 3.97. The van der Waals surface area contributed by atoms with Crippen LogP contribution in [0.15, 0.2) is 48.6 Å². The smallest absolute Gasteiger partial charge is 0.0163 e. The fourth-order valence-corrected chi connectivity index (χ4v) is 0.615. The van der Waals surface area contributed by atoms with E-state index in [0.717, 1.165) is 6.42 Å². The Kier molecular flexibility index (Phi) is 8.11. The molecule has 11 heavy (non-hydrogen) atoms. The van der Waals surface area contributed by atoms with Gasteiger partial charge in [-0.3, -0.25) is 0 Å². The molecule has 0 rings (SSSR count). The molecule has 0 saturated heterocycles. The van der Waals surface area contributed by atoms with Crippen molar-refractivity contribution in [1.29, 1.82) is 0 Å². The molecule has 0 heteroatoms. The Labute approximate surface area is 69.6 Å². The van der Waals surface area contributed by atoms with Gasteiger partial charge in [-0.1, -0.05) is 48.6 Å². The molecule has 0 aromatic rings. The molecular formula is C11H16. The summed E-state index contributed by atoms with van der Waals surface area (Å²) in [6.07, 6.45) is 17.5. The Morgan fingerprint density at radius 2 is 1.18 bits per heavy atom. The van der Waals surface area contributed by atoms with E-state index in [1.807, 2.05) is 38.2 Å². The normalized spacial score (nSPS) is 13.3. The van der Waals surface area contributed by atoms with E-state index in [1.165, 1.54) is 0 Å². The molecule has 0 nitrogen and oxygen atoms in total. The summed E-state index contributed by atoms with van der Waals surface area (Å²) < 4.78 is 0. The third-order valence-corrected chi connectivity index (χ3v) is 1.15. The zero-order valence-corrected chi connectivity index (χ0v) is 7.33. The van der Waals surface area contributed by atoms with Crippen LogP contribution in [0.4, 0.5) is 0 Å². The van der Waals surface area contributed by atoms with Crippen molar-refractivity contribution in [2.24, 2.45) is 0 Å². The maximum Gasteiger partial charge on any atom is -0.0163 e. The Balaban J connectivity index is 3.40. The summed E-state index contributed by atoms with van der Waals surface area (Å²) in [6, 6.07) is 0. The first-order chi connectivity index (χ1) is 5.41. The fourth-order valence-electron chi connectivity index (χ4n) is 0.615. The highest BCUT2D eigenvalue weighted by molar-refractivity contribution is 5.07. The van der Waals surface area contributed by atoms with Crippen LogP contribution in [0.3, 0.4) is 0 Å². The van der Waals surface area contributed by atoms with E-state index < -0.39 is 0 Å². The van der Waals surface area contributed by atoms with Crippen LogP contribution in [0.2, 0.25) is 0 Å². The molecule has 0 spiro atoms.